The molecule has 0 aromatic carbocycles. The van der Waals surface area contributed by atoms with Gasteiger partial charge in [0.05, 0.1) is 0 Å². The van der Waals surface area contributed by atoms with Crippen molar-refractivity contribution in [2.45, 2.75) is 44.3 Å². The van der Waals surface area contributed by atoms with Gasteiger partial charge in [0.2, 0.25) is 0 Å². The molecule has 0 unspecified atom stereocenters. The molecular formula is C13H23NS2. The van der Waals surface area contributed by atoms with Gasteiger partial charge in [-0.1, -0.05) is 31.7 Å². The van der Waals surface area contributed by atoms with Crippen molar-refractivity contribution in [3.05, 3.63) is 22.4 Å². The van der Waals surface area contributed by atoms with Crippen molar-refractivity contribution in [2.75, 3.05) is 12.3 Å². The molecule has 16 heavy (non-hydrogen) atoms. The van der Waals surface area contributed by atoms with Crippen LogP contribution in [-0.2, 0) is 5.75 Å². The molecule has 0 bridgehead atoms. The molecule has 0 aliphatic rings. The first-order valence-electron chi connectivity index (χ1n) is 6.23. The second-order valence-electron chi connectivity index (χ2n) is 4.04. The summed E-state index contributed by atoms with van der Waals surface area (Å²) in [4.78, 5) is 1.51. The molecule has 1 aromatic rings. The summed E-state index contributed by atoms with van der Waals surface area (Å²) in [6.07, 6.45) is 8.04. The van der Waals surface area contributed by atoms with E-state index < -0.39 is 0 Å². The van der Waals surface area contributed by atoms with Crippen molar-refractivity contribution in [3.8, 4) is 0 Å². The summed E-state index contributed by atoms with van der Waals surface area (Å²) in [6, 6.07) is 4.36. The van der Waals surface area contributed by atoms with Gasteiger partial charge in [0.25, 0.3) is 0 Å². The zero-order valence-electron chi connectivity index (χ0n) is 9.99. The van der Waals surface area contributed by atoms with Crippen LogP contribution in [0.4, 0.5) is 0 Å². The average Bonchev–Trinajstić information content (AvgIpc) is 2.80. The fourth-order valence-corrected chi connectivity index (χ4v) is 3.48. The Bertz CT molecular complexity index is 234. The minimum absolute atomic E-state index is 0.858. The molecule has 1 nitrogen and oxygen atoms in total. The van der Waals surface area contributed by atoms with Gasteiger partial charge in [-0.3, -0.25) is 0 Å². The highest BCUT2D eigenvalue weighted by atomic mass is 32.2. The Morgan fingerprint density at radius 3 is 2.50 bits per heavy atom. The smallest absolute Gasteiger partial charge is 0.0278 e. The summed E-state index contributed by atoms with van der Waals surface area (Å²) in [5.74, 6) is 2.51. The van der Waals surface area contributed by atoms with Crippen LogP contribution in [0.1, 0.15) is 43.4 Å². The average molecular weight is 257 g/mol. The molecule has 92 valence electrons. The van der Waals surface area contributed by atoms with E-state index in [0.29, 0.717) is 0 Å². The quantitative estimate of drug-likeness (QED) is 0.633. The second kappa shape index (κ2) is 10.2. The van der Waals surface area contributed by atoms with Crippen LogP contribution in [-0.4, -0.2) is 12.3 Å². The number of thioether (sulfide) groups is 1. The molecule has 0 fully saturated rings. The van der Waals surface area contributed by atoms with Gasteiger partial charge in [0, 0.05) is 10.6 Å². The predicted molar refractivity (Wildman–Crippen MR) is 77.2 cm³/mol. The highest BCUT2D eigenvalue weighted by Crippen LogP contribution is 2.18. The molecule has 0 radical (unpaired) electrons. The van der Waals surface area contributed by atoms with E-state index in [1.165, 1.54) is 54.9 Å². The number of hydrogen-bond acceptors (Lipinski definition) is 3. The largest absolute Gasteiger partial charge is 0.330 e. The number of rotatable bonds is 10. The lowest BCUT2D eigenvalue weighted by Crippen LogP contribution is -1.97. The van der Waals surface area contributed by atoms with Crippen LogP contribution in [0.25, 0.3) is 0 Å². The lowest BCUT2D eigenvalue weighted by molar-refractivity contribution is 0.614. The molecule has 1 aromatic heterocycles. The van der Waals surface area contributed by atoms with Crippen molar-refractivity contribution in [3.63, 3.8) is 0 Å². The van der Waals surface area contributed by atoms with Gasteiger partial charge in [0.15, 0.2) is 0 Å². The first kappa shape index (κ1) is 14.1. The third-order valence-electron chi connectivity index (χ3n) is 2.57. The molecule has 1 heterocycles. The summed E-state index contributed by atoms with van der Waals surface area (Å²) in [7, 11) is 0. The first-order chi connectivity index (χ1) is 7.93. The highest BCUT2D eigenvalue weighted by molar-refractivity contribution is 7.98. The third-order valence-corrected chi connectivity index (χ3v) is 4.72. The lowest BCUT2D eigenvalue weighted by Gasteiger charge is -2.01. The molecular weight excluding hydrogens is 234 g/mol. The first-order valence-corrected chi connectivity index (χ1v) is 8.27. The van der Waals surface area contributed by atoms with E-state index in [9.17, 15) is 0 Å². The van der Waals surface area contributed by atoms with Gasteiger partial charge in [-0.15, -0.1) is 11.3 Å². The fraction of sp³-hybridized carbons (Fsp3) is 0.692. The van der Waals surface area contributed by atoms with E-state index in [-0.39, 0.29) is 0 Å². The third kappa shape index (κ3) is 7.31. The second-order valence-corrected chi connectivity index (χ2v) is 6.18. The Kier molecular flexibility index (Phi) is 8.96. The Balaban J connectivity index is 1.78. The zero-order chi connectivity index (χ0) is 11.5. The van der Waals surface area contributed by atoms with Crippen molar-refractivity contribution >= 4 is 23.1 Å². The molecule has 1 rings (SSSR count). The Morgan fingerprint density at radius 2 is 1.81 bits per heavy atom. The van der Waals surface area contributed by atoms with Crippen LogP contribution in [0.2, 0.25) is 0 Å². The maximum Gasteiger partial charge on any atom is 0.0278 e. The standard InChI is InChI=1S/C13H23NS2/c14-9-5-3-1-2-4-6-10-15-12-13-8-7-11-16-13/h7-8,11H,1-6,9-10,12,14H2. The number of nitrogens with two attached hydrogens (primary N) is 1. The molecule has 0 atom stereocenters. The Morgan fingerprint density at radius 1 is 1.06 bits per heavy atom. The molecule has 0 aliphatic heterocycles. The van der Waals surface area contributed by atoms with E-state index in [1.807, 2.05) is 11.3 Å². The summed E-state index contributed by atoms with van der Waals surface area (Å²) in [6.45, 7) is 0.858. The molecule has 0 saturated heterocycles. The van der Waals surface area contributed by atoms with Crippen LogP contribution in [0.15, 0.2) is 17.5 Å². The van der Waals surface area contributed by atoms with Gasteiger partial charge in [-0.25, -0.2) is 0 Å². The maximum absolute atomic E-state index is 5.45. The maximum atomic E-state index is 5.45. The number of thiophene rings is 1. The van der Waals surface area contributed by atoms with E-state index in [2.05, 4.69) is 29.3 Å². The fourth-order valence-electron chi connectivity index (χ4n) is 1.62. The van der Waals surface area contributed by atoms with E-state index >= 15 is 0 Å². The summed E-state index contributed by atoms with van der Waals surface area (Å²) < 4.78 is 0. The van der Waals surface area contributed by atoms with Gasteiger partial charge in [-0.05, 0) is 36.6 Å². The topological polar surface area (TPSA) is 26.0 Å². The molecule has 3 heteroatoms. The molecule has 2 N–H and O–H groups in total. The Labute approximate surface area is 108 Å². The lowest BCUT2D eigenvalue weighted by atomic mass is 10.1. The van der Waals surface area contributed by atoms with E-state index in [0.717, 1.165) is 6.54 Å². The van der Waals surface area contributed by atoms with Gasteiger partial charge >= 0.3 is 0 Å². The molecule has 0 amide bonds. The minimum Gasteiger partial charge on any atom is -0.330 e. The van der Waals surface area contributed by atoms with Crippen molar-refractivity contribution in [2.24, 2.45) is 5.73 Å². The van der Waals surface area contributed by atoms with Crippen LogP contribution in [0.5, 0.6) is 0 Å². The van der Waals surface area contributed by atoms with E-state index in [4.69, 9.17) is 5.73 Å². The van der Waals surface area contributed by atoms with Crippen LogP contribution in [0.3, 0.4) is 0 Å². The van der Waals surface area contributed by atoms with Gasteiger partial charge in [0.1, 0.15) is 0 Å². The van der Waals surface area contributed by atoms with Crippen LogP contribution < -0.4 is 5.73 Å². The van der Waals surface area contributed by atoms with Crippen molar-refractivity contribution in [1.29, 1.82) is 0 Å². The minimum atomic E-state index is 0.858. The molecule has 0 spiro atoms. The highest BCUT2D eigenvalue weighted by Gasteiger charge is 1.95. The van der Waals surface area contributed by atoms with Crippen LogP contribution in [0, 0.1) is 0 Å². The summed E-state index contributed by atoms with van der Waals surface area (Å²) in [5, 5.41) is 2.16. The zero-order valence-corrected chi connectivity index (χ0v) is 11.6. The summed E-state index contributed by atoms with van der Waals surface area (Å²) in [5.41, 5.74) is 5.45. The van der Waals surface area contributed by atoms with Crippen molar-refractivity contribution in [1.82, 2.24) is 0 Å². The van der Waals surface area contributed by atoms with Gasteiger partial charge < -0.3 is 5.73 Å². The number of hydrogen-bond donors (Lipinski definition) is 1. The summed E-state index contributed by atoms with van der Waals surface area (Å²) >= 11 is 3.94. The number of unbranched alkanes of at least 4 members (excludes halogenated alkanes) is 5. The monoisotopic (exact) mass is 257 g/mol. The van der Waals surface area contributed by atoms with Crippen LogP contribution >= 0.6 is 23.1 Å². The van der Waals surface area contributed by atoms with E-state index in [1.54, 1.807) is 0 Å². The Hall–Kier alpha value is 0.01000. The SMILES string of the molecule is NCCCCCCCCSCc1cccs1. The normalized spacial score (nSPS) is 10.8. The predicted octanol–water partition coefficient (Wildman–Crippen LogP) is 4.28. The molecule has 0 saturated carbocycles. The van der Waals surface area contributed by atoms with Gasteiger partial charge in [-0.2, -0.15) is 11.8 Å². The molecule has 0 aliphatic carbocycles. The van der Waals surface area contributed by atoms with Crippen molar-refractivity contribution < 1.29 is 0 Å².